The summed E-state index contributed by atoms with van der Waals surface area (Å²) in [7, 11) is -3.49. The maximum atomic E-state index is 13.5. The number of piperidine rings is 2. The highest BCUT2D eigenvalue weighted by Crippen LogP contribution is 2.42. The number of hydrogen-bond donors (Lipinski definition) is 1. The zero-order chi connectivity index (χ0) is 25.6. The van der Waals surface area contributed by atoms with Gasteiger partial charge < -0.3 is 10.0 Å². The zero-order valence-electron chi connectivity index (χ0n) is 21.3. The predicted molar refractivity (Wildman–Crippen MR) is 134 cm³/mol. The molecule has 198 valence electrons. The van der Waals surface area contributed by atoms with Crippen LogP contribution in [0.3, 0.4) is 0 Å². The minimum Gasteiger partial charge on any atom is -0.396 e. The molecule has 0 radical (unpaired) electrons. The first-order valence-electron chi connectivity index (χ1n) is 13.4. The highest BCUT2D eigenvalue weighted by molar-refractivity contribution is 7.89. The van der Waals surface area contributed by atoms with Crippen molar-refractivity contribution < 1.29 is 23.2 Å². The van der Waals surface area contributed by atoms with Crippen LogP contribution in [0.15, 0.2) is 29.2 Å². The number of likely N-dealkylation sites (tertiary alicyclic amines) is 1. The first kappa shape index (κ1) is 25.6. The number of hydrogen-bond acceptors (Lipinski definition) is 5. The lowest BCUT2D eigenvalue weighted by Gasteiger charge is -2.40. The van der Waals surface area contributed by atoms with Crippen molar-refractivity contribution in [2.45, 2.75) is 62.9 Å². The molecule has 1 N–H and O–H groups in total. The molecule has 4 heterocycles. The van der Waals surface area contributed by atoms with Gasteiger partial charge in [-0.05, 0) is 63.0 Å². The summed E-state index contributed by atoms with van der Waals surface area (Å²) < 4.78 is 27.8. The average Bonchev–Trinajstić information content (AvgIpc) is 3.47. The lowest BCUT2D eigenvalue weighted by atomic mass is 9.74. The fraction of sp³-hybridized carbons (Fsp3) is 0.731. The fourth-order valence-electron chi connectivity index (χ4n) is 6.92. The molecule has 0 spiro atoms. The van der Waals surface area contributed by atoms with Gasteiger partial charge >= 0.3 is 0 Å². The van der Waals surface area contributed by atoms with Crippen LogP contribution in [0.2, 0.25) is 0 Å². The van der Waals surface area contributed by atoms with E-state index < -0.39 is 16.1 Å². The van der Waals surface area contributed by atoms with Gasteiger partial charge in [-0.2, -0.15) is 4.31 Å². The number of fused-ring (bicyclic) bond motifs is 1. The van der Waals surface area contributed by atoms with E-state index in [1.807, 2.05) is 35.9 Å². The zero-order valence-corrected chi connectivity index (χ0v) is 22.1. The van der Waals surface area contributed by atoms with Gasteiger partial charge in [0.15, 0.2) is 0 Å². The average molecular weight is 520 g/mol. The first-order chi connectivity index (χ1) is 17.2. The van der Waals surface area contributed by atoms with Crippen molar-refractivity contribution in [3.8, 4) is 0 Å². The van der Waals surface area contributed by atoms with Crippen LogP contribution < -0.4 is 0 Å². The van der Waals surface area contributed by atoms with E-state index in [0.717, 1.165) is 42.5 Å². The van der Waals surface area contributed by atoms with Crippen molar-refractivity contribution in [1.82, 2.24) is 14.2 Å². The molecule has 0 aliphatic carbocycles. The molecule has 36 heavy (non-hydrogen) atoms. The number of aliphatic hydroxyl groups excluding tert-OH is 1. The smallest absolute Gasteiger partial charge is 0.245 e. The van der Waals surface area contributed by atoms with Crippen LogP contribution in [0.25, 0.3) is 0 Å². The Morgan fingerprint density at radius 2 is 1.69 bits per heavy atom. The Labute approximate surface area is 214 Å². The minimum absolute atomic E-state index is 0.0476. The van der Waals surface area contributed by atoms with Crippen LogP contribution >= 0.6 is 0 Å². The standard InChI is InChI=1S/C26H39N4O5S/c1-18-3-5-23(6-4-18)36(34,35)28-12-8-21(9-13-28)22-10-14-29-24(15-22)25(19(2)30(29)33)26(32)27-11-7-20(16-27)17-31/h3-6,19-22,24-25,31H,7-17H2,1-2H3/q+1. The number of hydrazine groups is 1. The first-order valence-corrected chi connectivity index (χ1v) is 14.8. The number of benzene rings is 1. The van der Waals surface area contributed by atoms with Gasteiger partial charge in [0.25, 0.3) is 0 Å². The van der Waals surface area contributed by atoms with Gasteiger partial charge in [0.05, 0.1) is 16.3 Å². The van der Waals surface area contributed by atoms with Crippen LogP contribution in [0.4, 0.5) is 0 Å². The van der Waals surface area contributed by atoms with Gasteiger partial charge in [0.2, 0.25) is 22.0 Å². The monoisotopic (exact) mass is 519 g/mol. The minimum atomic E-state index is -3.49. The van der Waals surface area contributed by atoms with Gasteiger partial charge in [-0.25, -0.2) is 8.42 Å². The summed E-state index contributed by atoms with van der Waals surface area (Å²) in [5.41, 5.74) is 1.03. The number of aliphatic hydroxyl groups is 1. The summed E-state index contributed by atoms with van der Waals surface area (Å²) >= 11 is 0. The van der Waals surface area contributed by atoms with E-state index in [1.165, 1.54) is 0 Å². The number of carbonyl (C=O) groups is 1. The molecule has 0 bridgehead atoms. The second-order valence-electron chi connectivity index (χ2n) is 11.3. The predicted octanol–water partition coefficient (Wildman–Crippen LogP) is 2.03. The third kappa shape index (κ3) is 4.56. The number of sulfonamides is 1. The molecule has 0 saturated carbocycles. The maximum absolute atomic E-state index is 13.5. The molecule has 4 fully saturated rings. The van der Waals surface area contributed by atoms with Crippen molar-refractivity contribution in [2.75, 3.05) is 39.3 Å². The number of amides is 1. The van der Waals surface area contributed by atoms with Gasteiger partial charge in [-0.15, -0.1) is 5.01 Å². The molecule has 5 unspecified atom stereocenters. The van der Waals surface area contributed by atoms with Crippen LogP contribution in [0.1, 0.15) is 44.6 Å². The van der Waals surface area contributed by atoms with E-state index in [4.69, 9.17) is 0 Å². The molecular weight excluding hydrogens is 480 g/mol. The van der Waals surface area contributed by atoms with Gasteiger partial charge in [0, 0.05) is 45.6 Å². The van der Waals surface area contributed by atoms with Crippen molar-refractivity contribution in [2.24, 2.45) is 23.7 Å². The van der Waals surface area contributed by atoms with Gasteiger partial charge in [0.1, 0.15) is 16.8 Å². The molecule has 1 aromatic rings. The number of carbonyl (C=O) groups excluding carboxylic acids is 1. The SMILES string of the molecule is Cc1ccc(S(=O)(=O)N2CCC(C3CCN4C(C3)C(C(=O)N3CCC(CO)C3)C(C)[N+]4=O)CC2)cc1. The fourth-order valence-corrected chi connectivity index (χ4v) is 8.39. The number of nitrogens with zero attached hydrogens (tertiary/aromatic N) is 4. The molecule has 5 rings (SSSR count). The van der Waals surface area contributed by atoms with Gasteiger partial charge in [-0.1, -0.05) is 17.7 Å². The van der Waals surface area contributed by atoms with E-state index in [-0.39, 0.29) is 30.4 Å². The summed E-state index contributed by atoms with van der Waals surface area (Å²) in [6, 6.07) is 6.53. The number of nitroso groups, excluding NO2 is 1. The van der Waals surface area contributed by atoms with E-state index in [0.29, 0.717) is 49.5 Å². The summed E-state index contributed by atoms with van der Waals surface area (Å²) in [5, 5.41) is 11.4. The quantitative estimate of drug-likeness (QED) is 0.598. The third-order valence-corrected chi connectivity index (χ3v) is 11.1. The second-order valence-corrected chi connectivity index (χ2v) is 13.2. The molecule has 10 heteroatoms. The van der Waals surface area contributed by atoms with Crippen molar-refractivity contribution in [3.05, 3.63) is 34.7 Å². The van der Waals surface area contributed by atoms with Crippen molar-refractivity contribution in [3.63, 3.8) is 0 Å². The molecule has 0 aromatic heterocycles. The Bertz CT molecular complexity index is 1090. The van der Waals surface area contributed by atoms with Crippen LogP contribution in [0, 0.1) is 35.5 Å². The van der Waals surface area contributed by atoms with Crippen LogP contribution in [-0.2, 0) is 14.8 Å². The molecular formula is C26H39N4O5S+. The van der Waals surface area contributed by atoms with E-state index >= 15 is 0 Å². The lowest BCUT2D eigenvalue weighted by molar-refractivity contribution is -0.716. The van der Waals surface area contributed by atoms with Gasteiger partial charge in [-0.3, -0.25) is 4.79 Å². The highest BCUT2D eigenvalue weighted by Gasteiger charge is 2.59. The third-order valence-electron chi connectivity index (χ3n) is 9.16. The Balaban J connectivity index is 1.23. The normalized spacial score (nSPS) is 32.2. The Hall–Kier alpha value is -2.04. The molecule has 1 aromatic carbocycles. The lowest BCUT2D eigenvalue weighted by Crippen LogP contribution is -2.49. The Morgan fingerprint density at radius 3 is 2.33 bits per heavy atom. The maximum Gasteiger partial charge on any atom is 0.245 e. The topological polar surface area (TPSA) is 101 Å². The largest absolute Gasteiger partial charge is 0.396 e. The van der Waals surface area contributed by atoms with Crippen molar-refractivity contribution in [1.29, 1.82) is 0 Å². The Kier molecular flexibility index (Phi) is 7.13. The molecule has 5 atom stereocenters. The number of aryl methyl sites for hydroxylation is 1. The molecule has 4 aliphatic rings. The highest BCUT2D eigenvalue weighted by atomic mass is 32.2. The molecule has 4 saturated heterocycles. The summed E-state index contributed by atoms with van der Waals surface area (Å²) in [4.78, 5) is 29.7. The summed E-state index contributed by atoms with van der Waals surface area (Å²) in [6.07, 6.45) is 4.12. The van der Waals surface area contributed by atoms with E-state index in [1.54, 1.807) is 16.4 Å². The molecule has 1 amide bonds. The van der Waals surface area contributed by atoms with E-state index in [2.05, 4.69) is 0 Å². The van der Waals surface area contributed by atoms with E-state index in [9.17, 15) is 23.2 Å². The Morgan fingerprint density at radius 1 is 1.03 bits per heavy atom. The molecule has 4 aliphatic heterocycles. The number of rotatable bonds is 5. The van der Waals surface area contributed by atoms with Crippen molar-refractivity contribution >= 4 is 15.9 Å². The summed E-state index contributed by atoms with van der Waals surface area (Å²) in [5.74, 6) is 0.601. The summed E-state index contributed by atoms with van der Waals surface area (Å²) in [6.45, 7) is 6.78. The second kappa shape index (κ2) is 10.0. The molecule has 9 nitrogen and oxygen atoms in total. The van der Waals surface area contributed by atoms with Crippen LogP contribution in [0.5, 0.6) is 0 Å². The van der Waals surface area contributed by atoms with Crippen LogP contribution in [-0.4, -0.2) is 89.9 Å².